The van der Waals surface area contributed by atoms with Crippen molar-refractivity contribution in [3.8, 4) is 0 Å². The second kappa shape index (κ2) is 4.50. The number of hydrogen-bond donors (Lipinski definition) is 0. The summed E-state index contributed by atoms with van der Waals surface area (Å²) in [5.74, 6) is 0. The first-order valence-corrected chi connectivity index (χ1v) is 6.17. The third-order valence-electron chi connectivity index (χ3n) is 2.47. The molecule has 96 valence electrons. The van der Waals surface area contributed by atoms with E-state index in [2.05, 4.69) is 4.18 Å². The lowest BCUT2D eigenvalue weighted by Crippen LogP contribution is -2.38. The molecule has 0 spiro atoms. The van der Waals surface area contributed by atoms with Gasteiger partial charge in [-0.2, -0.15) is 21.6 Å². The minimum atomic E-state index is -5.48. The van der Waals surface area contributed by atoms with Gasteiger partial charge in [-0.05, 0) is 26.2 Å². The molecule has 0 heterocycles. The number of hydrogen-bond acceptors (Lipinski definition) is 4. The molecule has 0 radical (unpaired) electrons. The van der Waals surface area contributed by atoms with Crippen molar-refractivity contribution >= 4 is 10.1 Å². The Kier molecular flexibility index (Phi) is 3.86. The zero-order valence-electron chi connectivity index (χ0n) is 8.71. The first-order chi connectivity index (χ1) is 7.16. The van der Waals surface area contributed by atoms with Gasteiger partial charge in [-0.1, -0.05) is 0 Å². The normalized spacial score (nSPS) is 20.5. The van der Waals surface area contributed by atoms with Crippen LogP contribution in [0.5, 0.6) is 0 Å². The van der Waals surface area contributed by atoms with Gasteiger partial charge in [-0.25, -0.2) is 0 Å². The van der Waals surface area contributed by atoms with Crippen LogP contribution < -0.4 is 0 Å². The summed E-state index contributed by atoms with van der Waals surface area (Å²) < 4.78 is 65.4. The third kappa shape index (κ3) is 3.33. The summed E-state index contributed by atoms with van der Waals surface area (Å²) in [5.41, 5.74) is -5.70. The van der Waals surface area contributed by atoms with Gasteiger partial charge >= 0.3 is 15.6 Å². The molecule has 1 aliphatic carbocycles. The monoisotopic (exact) mass is 262 g/mol. The maximum absolute atomic E-state index is 11.8. The second-order valence-electron chi connectivity index (χ2n) is 3.87. The van der Waals surface area contributed by atoms with E-state index in [4.69, 9.17) is 4.74 Å². The SMILES string of the molecule is CC1(OCCOS(=O)(=O)C(F)(F)F)CCC1. The third-order valence-corrected chi connectivity index (χ3v) is 3.51. The Balaban J connectivity index is 2.26. The zero-order chi connectivity index (χ0) is 12.4. The Hall–Kier alpha value is -0.340. The molecule has 0 amide bonds. The van der Waals surface area contributed by atoms with Gasteiger partial charge in [0, 0.05) is 0 Å². The number of alkyl halides is 3. The lowest BCUT2D eigenvalue weighted by Gasteiger charge is -2.38. The van der Waals surface area contributed by atoms with Gasteiger partial charge in [0.15, 0.2) is 0 Å². The Morgan fingerprint density at radius 3 is 2.19 bits per heavy atom. The largest absolute Gasteiger partial charge is 0.523 e. The van der Waals surface area contributed by atoms with E-state index in [1.54, 1.807) is 0 Å². The molecule has 4 nitrogen and oxygen atoms in total. The Labute approximate surface area is 91.8 Å². The van der Waals surface area contributed by atoms with Crippen molar-refractivity contribution < 1.29 is 30.5 Å². The molecule has 8 heteroatoms. The van der Waals surface area contributed by atoms with Crippen molar-refractivity contribution in [2.24, 2.45) is 0 Å². The average Bonchev–Trinajstić information content (AvgIpc) is 2.07. The average molecular weight is 262 g/mol. The van der Waals surface area contributed by atoms with Crippen LogP contribution in [-0.2, 0) is 19.0 Å². The van der Waals surface area contributed by atoms with Crippen LogP contribution in [0.3, 0.4) is 0 Å². The highest BCUT2D eigenvalue weighted by Crippen LogP contribution is 2.34. The molecule has 1 rings (SSSR count). The summed E-state index contributed by atoms with van der Waals surface area (Å²) in [5, 5.41) is 0. The van der Waals surface area contributed by atoms with E-state index in [0.717, 1.165) is 19.3 Å². The van der Waals surface area contributed by atoms with Crippen molar-refractivity contribution in [3.63, 3.8) is 0 Å². The van der Waals surface area contributed by atoms with E-state index in [1.807, 2.05) is 6.92 Å². The summed E-state index contributed by atoms with van der Waals surface area (Å²) in [7, 11) is -5.48. The van der Waals surface area contributed by atoms with Crippen LogP contribution in [-0.4, -0.2) is 32.7 Å². The molecule has 1 saturated carbocycles. The molecule has 0 unspecified atom stereocenters. The molecular weight excluding hydrogens is 249 g/mol. The minimum Gasteiger partial charge on any atom is -0.373 e. The van der Waals surface area contributed by atoms with E-state index in [0.29, 0.717) is 0 Å². The van der Waals surface area contributed by atoms with Crippen LogP contribution >= 0.6 is 0 Å². The van der Waals surface area contributed by atoms with Crippen LogP contribution in [0.4, 0.5) is 13.2 Å². The summed E-state index contributed by atoms with van der Waals surface area (Å²) >= 11 is 0. The predicted octanol–water partition coefficient (Wildman–Crippen LogP) is 1.81. The van der Waals surface area contributed by atoms with E-state index in [1.165, 1.54) is 0 Å². The first-order valence-electron chi connectivity index (χ1n) is 4.76. The molecule has 0 atom stereocenters. The Morgan fingerprint density at radius 2 is 1.81 bits per heavy atom. The predicted molar refractivity (Wildman–Crippen MR) is 49.1 cm³/mol. The standard InChI is InChI=1S/C8H13F3O4S/c1-7(3-2-4-7)14-5-6-15-16(12,13)8(9,10)11/h2-6H2,1H3. The molecule has 0 bridgehead atoms. The summed E-state index contributed by atoms with van der Waals surface area (Å²) in [6.07, 6.45) is 2.68. The Morgan fingerprint density at radius 1 is 1.25 bits per heavy atom. The zero-order valence-corrected chi connectivity index (χ0v) is 9.53. The number of halogens is 3. The van der Waals surface area contributed by atoms with Gasteiger partial charge in [0.05, 0.1) is 18.8 Å². The van der Waals surface area contributed by atoms with Crippen molar-refractivity contribution in [1.82, 2.24) is 0 Å². The fourth-order valence-corrected chi connectivity index (χ4v) is 1.74. The number of ether oxygens (including phenoxy) is 1. The van der Waals surface area contributed by atoms with Crippen molar-refractivity contribution in [1.29, 1.82) is 0 Å². The van der Waals surface area contributed by atoms with Crippen LogP contribution in [0.1, 0.15) is 26.2 Å². The molecule has 1 aliphatic rings. The maximum Gasteiger partial charge on any atom is 0.523 e. The smallest absolute Gasteiger partial charge is 0.373 e. The molecular formula is C8H13F3O4S. The van der Waals surface area contributed by atoms with E-state index in [-0.39, 0.29) is 12.2 Å². The van der Waals surface area contributed by atoms with Crippen molar-refractivity contribution in [3.05, 3.63) is 0 Å². The molecule has 0 aromatic heterocycles. The van der Waals surface area contributed by atoms with Crippen molar-refractivity contribution in [2.75, 3.05) is 13.2 Å². The molecule has 0 N–H and O–H groups in total. The fourth-order valence-electron chi connectivity index (χ4n) is 1.32. The molecule has 0 aliphatic heterocycles. The summed E-state index contributed by atoms with van der Waals surface area (Å²) in [4.78, 5) is 0. The molecule has 0 aromatic carbocycles. The second-order valence-corrected chi connectivity index (χ2v) is 5.48. The van der Waals surface area contributed by atoms with Crippen molar-refractivity contribution in [2.45, 2.75) is 37.3 Å². The molecule has 16 heavy (non-hydrogen) atoms. The Bertz CT molecular complexity index is 332. The molecule has 1 fully saturated rings. The van der Waals surface area contributed by atoms with Gasteiger partial charge in [0.2, 0.25) is 0 Å². The molecule has 0 saturated heterocycles. The van der Waals surface area contributed by atoms with Gasteiger partial charge < -0.3 is 4.74 Å². The maximum atomic E-state index is 11.8. The van der Waals surface area contributed by atoms with E-state index >= 15 is 0 Å². The van der Waals surface area contributed by atoms with E-state index in [9.17, 15) is 21.6 Å². The molecule has 0 aromatic rings. The quantitative estimate of drug-likeness (QED) is 0.431. The fraction of sp³-hybridized carbons (Fsp3) is 1.00. The van der Waals surface area contributed by atoms with Crippen LogP contribution in [0, 0.1) is 0 Å². The minimum absolute atomic E-state index is 0.161. The number of rotatable bonds is 5. The van der Waals surface area contributed by atoms with Crippen LogP contribution in [0.15, 0.2) is 0 Å². The van der Waals surface area contributed by atoms with Gasteiger partial charge in [-0.15, -0.1) is 0 Å². The summed E-state index contributed by atoms with van der Waals surface area (Å²) in [6.45, 7) is 1.05. The highest BCUT2D eigenvalue weighted by Gasteiger charge is 2.47. The van der Waals surface area contributed by atoms with Gasteiger partial charge in [0.1, 0.15) is 0 Å². The van der Waals surface area contributed by atoms with E-state index < -0.39 is 22.2 Å². The lowest BCUT2D eigenvalue weighted by atomic mass is 9.82. The van der Waals surface area contributed by atoms with Crippen LogP contribution in [0.25, 0.3) is 0 Å². The summed E-state index contributed by atoms with van der Waals surface area (Å²) in [6, 6.07) is 0. The van der Waals surface area contributed by atoms with Crippen LogP contribution in [0.2, 0.25) is 0 Å². The first kappa shape index (κ1) is 13.7. The highest BCUT2D eigenvalue weighted by atomic mass is 32.2. The topological polar surface area (TPSA) is 52.6 Å². The van der Waals surface area contributed by atoms with Gasteiger partial charge in [0.25, 0.3) is 0 Å². The lowest BCUT2D eigenvalue weighted by molar-refractivity contribution is -0.0953. The highest BCUT2D eigenvalue weighted by molar-refractivity contribution is 7.87. The van der Waals surface area contributed by atoms with Gasteiger partial charge in [-0.3, -0.25) is 4.18 Å².